The molecule has 0 unspecified atom stereocenters. The molecule has 0 saturated carbocycles. The Morgan fingerprint density at radius 3 is 2.43 bits per heavy atom. The van der Waals surface area contributed by atoms with Crippen molar-refractivity contribution in [2.24, 2.45) is 0 Å². The largest absolute Gasteiger partial charge is 0.508 e. The number of rotatable bonds is 10. The van der Waals surface area contributed by atoms with Crippen LogP contribution in [0.1, 0.15) is 50.5 Å². The van der Waals surface area contributed by atoms with Gasteiger partial charge in [0.05, 0.1) is 12.7 Å². The number of phenolic OH excluding ortho intramolecular Hbond substituents is 1. The van der Waals surface area contributed by atoms with Crippen molar-refractivity contribution in [3.8, 4) is 11.5 Å². The summed E-state index contributed by atoms with van der Waals surface area (Å²) in [6, 6.07) is 12.3. The van der Waals surface area contributed by atoms with Gasteiger partial charge in [-0.15, -0.1) is 0 Å². The second-order valence-corrected chi connectivity index (χ2v) is 7.96. The Morgan fingerprint density at radius 1 is 1.17 bits per heavy atom. The molecule has 30 heavy (non-hydrogen) atoms. The lowest BCUT2D eigenvalue weighted by molar-refractivity contribution is -0.158. The van der Waals surface area contributed by atoms with Gasteiger partial charge in [0.25, 0.3) is 0 Å². The van der Waals surface area contributed by atoms with Gasteiger partial charge in [-0.2, -0.15) is 0 Å². The number of carbonyl (C=O) groups excluding carboxylic acids is 1. The standard InChI is InChI=1S/C24H33NO5/c1-6-29-23(28)24(4,5)30-21-12-7-18(15-16(21)2)13-14-25-17(3)22(27)19-8-10-20(26)11-9-19/h7-12,15,17,22,25-27H,6,13-14H2,1-5H3/t17-,22-/m0/s1. The smallest absolute Gasteiger partial charge is 0.349 e. The van der Waals surface area contributed by atoms with Crippen molar-refractivity contribution < 1.29 is 24.5 Å². The van der Waals surface area contributed by atoms with Crippen molar-refractivity contribution in [2.45, 2.75) is 58.8 Å². The number of aliphatic hydroxyl groups excluding tert-OH is 1. The number of ether oxygens (including phenoxy) is 2. The number of aliphatic hydroxyl groups is 1. The van der Waals surface area contributed by atoms with Gasteiger partial charge in [0.15, 0.2) is 5.60 Å². The molecule has 0 radical (unpaired) electrons. The fraction of sp³-hybridized carbons (Fsp3) is 0.458. The van der Waals surface area contributed by atoms with E-state index in [-0.39, 0.29) is 17.8 Å². The third-order valence-corrected chi connectivity index (χ3v) is 4.96. The van der Waals surface area contributed by atoms with Gasteiger partial charge < -0.3 is 25.0 Å². The van der Waals surface area contributed by atoms with Gasteiger partial charge in [0.1, 0.15) is 11.5 Å². The number of aryl methyl sites for hydroxylation is 1. The zero-order valence-corrected chi connectivity index (χ0v) is 18.4. The van der Waals surface area contributed by atoms with Crippen LogP contribution in [0.5, 0.6) is 11.5 Å². The average Bonchev–Trinajstić information content (AvgIpc) is 2.70. The number of hydrogen-bond donors (Lipinski definition) is 3. The molecule has 2 atom stereocenters. The highest BCUT2D eigenvalue weighted by Crippen LogP contribution is 2.25. The molecule has 0 fully saturated rings. The molecule has 6 heteroatoms. The maximum Gasteiger partial charge on any atom is 0.349 e. The van der Waals surface area contributed by atoms with E-state index in [0.717, 1.165) is 23.1 Å². The van der Waals surface area contributed by atoms with E-state index >= 15 is 0 Å². The number of nitrogens with one attached hydrogen (secondary N) is 1. The molecule has 0 aliphatic carbocycles. The molecule has 2 aromatic carbocycles. The van der Waals surface area contributed by atoms with Crippen LogP contribution >= 0.6 is 0 Å². The van der Waals surface area contributed by atoms with Crippen LogP contribution in [0.3, 0.4) is 0 Å². The van der Waals surface area contributed by atoms with E-state index in [0.29, 0.717) is 18.9 Å². The molecule has 0 spiro atoms. The Kier molecular flexibility index (Phi) is 8.26. The van der Waals surface area contributed by atoms with Crippen molar-refractivity contribution in [1.82, 2.24) is 5.32 Å². The molecule has 0 amide bonds. The minimum absolute atomic E-state index is 0.136. The predicted octanol–water partition coefficient (Wildman–Crippen LogP) is 3.68. The Balaban J connectivity index is 1.90. The number of esters is 1. The van der Waals surface area contributed by atoms with E-state index in [1.807, 2.05) is 32.0 Å². The molecule has 0 aliphatic heterocycles. The molecule has 0 heterocycles. The highest BCUT2D eigenvalue weighted by atomic mass is 16.6. The SMILES string of the molecule is CCOC(=O)C(C)(C)Oc1ccc(CCN[C@@H](C)[C@H](O)c2ccc(O)cc2)cc1C. The second kappa shape index (κ2) is 10.5. The summed E-state index contributed by atoms with van der Waals surface area (Å²) in [6.45, 7) is 10.1. The van der Waals surface area contributed by atoms with Crippen LogP contribution in [0.4, 0.5) is 0 Å². The van der Waals surface area contributed by atoms with Crippen molar-refractivity contribution in [2.75, 3.05) is 13.2 Å². The zero-order chi connectivity index (χ0) is 22.3. The Hall–Kier alpha value is -2.57. The lowest BCUT2D eigenvalue weighted by Crippen LogP contribution is -2.39. The topological polar surface area (TPSA) is 88.0 Å². The van der Waals surface area contributed by atoms with E-state index in [2.05, 4.69) is 5.32 Å². The second-order valence-electron chi connectivity index (χ2n) is 7.96. The van der Waals surface area contributed by atoms with E-state index < -0.39 is 11.7 Å². The molecule has 3 N–H and O–H groups in total. The summed E-state index contributed by atoms with van der Waals surface area (Å²) in [5, 5.41) is 23.2. The number of hydrogen-bond acceptors (Lipinski definition) is 6. The average molecular weight is 416 g/mol. The summed E-state index contributed by atoms with van der Waals surface area (Å²) < 4.78 is 11.0. The lowest BCUT2D eigenvalue weighted by Gasteiger charge is -2.25. The van der Waals surface area contributed by atoms with Gasteiger partial charge in [0, 0.05) is 6.04 Å². The van der Waals surface area contributed by atoms with Crippen molar-refractivity contribution >= 4 is 5.97 Å². The predicted molar refractivity (Wildman–Crippen MR) is 117 cm³/mol. The molecule has 0 saturated heterocycles. The fourth-order valence-electron chi connectivity index (χ4n) is 3.12. The van der Waals surface area contributed by atoms with Gasteiger partial charge in [-0.1, -0.05) is 24.3 Å². The summed E-state index contributed by atoms with van der Waals surface area (Å²) in [5.41, 5.74) is 1.79. The quantitative estimate of drug-likeness (QED) is 0.513. The first-order valence-corrected chi connectivity index (χ1v) is 10.3. The Bertz CT molecular complexity index is 832. The highest BCUT2D eigenvalue weighted by Gasteiger charge is 2.32. The normalized spacial score (nSPS) is 13.5. The number of carbonyl (C=O) groups is 1. The van der Waals surface area contributed by atoms with Crippen LogP contribution in [-0.4, -0.2) is 41.0 Å². The summed E-state index contributed by atoms with van der Waals surface area (Å²) in [6.07, 6.45) is 0.128. The zero-order valence-electron chi connectivity index (χ0n) is 18.4. The molecule has 164 valence electrons. The van der Waals surface area contributed by atoms with Crippen LogP contribution in [0.2, 0.25) is 0 Å². The fourth-order valence-corrected chi connectivity index (χ4v) is 3.12. The van der Waals surface area contributed by atoms with Gasteiger partial charge >= 0.3 is 5.97 Å². The molecule has 0 bridgehead atoms. The van der Waals surface area contributed by atoms with E-state index in [4.69, 9.17) is 9.47 Å². The maximum atomic E-state index is 12.0. The molecule has 2 rings (SSSR count). The van der Waals surface area contributed by atoms with Crippen LogP contribution in [-0.2, 0) is 16.0 Å². The summed E-state index contributed by atoms with van der Waals surface area (Å²) in [7, 11) is 0. The van der Waals surface area contributed by atoms with Crippen LogP contribution in [0.15, 0.2) is 42.5 Å². The number of aromatic hydroxyl groups is 1. The van der Waals surface area contributed by atoms with Gasteiger partial charge in [-0.05, 0) is 82.5 Å². The molecular weight excluding hydrogens is 382 g/mol. The van der Waals surface area contributed by atoms with Crippen molar-refractivity contribution in [3.05, 3.63) is 59.2 Å². The minimum Gasteiger partial charge on any atom is -0.508 e. The lowest BCUT2D eigenvalue weighted by atomic mass is 10.0. The van der Waals surface area contributed by atoms with E-state index in [1.165, 1.54) is 0 Å². The van der Waals surface area contributed by atoms with Gasteiger partial charge in [-0.25, -0.2) is 4.79 Å². The molecule has 0 aliphatic rings. The first-order valence-electron chi connectivity index (χ1n) is 10.3. The Labute approximate surface area is 178 Å². The third kappa shape index (κ3) is 6.47. The van der Waals surface area contributed by atoms with E-state index in [1.54, 1.807) is 45.0 Å². The molecular formula is C24H33NO5. The van der Waals surface area contributed by atoms with Crippen molar-refractivity contribution in [1.29, 1.82) is 0 Å². The first-order chi connectivity index (χ1) is 14.1. The molecule has 2 aromatic rings. The monoisotopic (exact) mass is 415 g/mol. The van der Waals surface area contributed by atoms with Crippen LogP contribution in [0, 0.1) is 6.92 Å². The van der Waals surface area contributed by atoms with Crippen molar-refractivity contribution in [3.63, 3.8) is 0 Å². The third-order valence-electron chi connectivity index (χ3n) is 4.96. The molecule has 0 aromatic heterocycles. The van der Waals surface area contributed by atoms with Crippen LogP contribution in [0.25, 0.3) is 0 Å². The minimum atomic E-state index is -1.05. The van der Waals surface area contributed by atoms with Gasteiger partial charge in [0.2, 0.25) is 0 Å². The Morgan fingerprint density at radius 2 is 1.83 bits per heavy atom. The maximum absolute atomic E-state index is 12.0. The highest BCUT2D eigenvalue weighted by molar-refractivity contribution is 5.79. The van der Waals surface area contributed by atoms with Gasteiger partial charge in [-0.3, -0.25) is 0 Å². The molecule has 6 nitrogen and oxygen atoms in total. The number of phenols is 1. The summed E-state index contributed by atoms with van der Waals surface area (Å²) in [4.78, 5) is 12.0. The first kappa shape index (κ1) is 23.7. The number of benzene rings is 2. The summed E-state index contributed by atoms with van der Waals surface area (Å²) >= 11 is 0. The van der Waals surface area contributed by atoms with E-state index in [9.17, 15) is 15.0 Å². The summed E-state index contributed by atoms with van der Waals surface area (Å²) in [5.74, 6) is 0.444. The van der Waals surface area contributed by atoms with Crippen LogP contribution < -0.4 is 10.1 Å².